The maximum Gasteiger partial charge on any atom is 0.269 e. The van der Waals surface area contributed by atoms with E-state index in [1.54, 1.807) is 24.3 Å². The number of nitrogens with one attached hydrogen (secondary N) is 1. The Labute approximate surface area is 152 Å². The molecule has 0 bridgehead atoms. The maximum absolute atomic E-state index is 10.7. The molecular weight excluding hydrogens is 334 g/mol. The Balaban J connectivity index is 1.42. The minimum atomic E-state index is -0.504. The van der Waals surface area contributed by atoms with E-state index in [1.165, 1.54) is 4.90 Å². The number of quaternary nitrogens is 1. The van der Waals surface area contributed by atoms with Crippen LogP contribution < -0.4 is 14.5 Å². The number of nitro benzene ring substituents is 1. The zero-order valence-electron chi connectivity index (χ0n) is 14.6. The van der Waals surface area contributed by atoms with Crippen molar-refractivity contribution in [3.8, 4) is 5.75 Å². The molecule has 7 nitrogen and oxygen atoms in total. The summed E-state index contributed by atoms with van der Waals surface area (Å²) in [6.45, 7) is 4.50. The molecule has 1 fully saturated rings. The molecule has 1 heterocycles. The van der Waals surface area contributed by atoms with E-state index in [9.17, 15) is 15.2 Å². The summed E-state index contributed by atoms with van der Waals surface area (Å²) in [5, 5.41) is 20.9. The van der Waals surface area contributed by atoms with Crippen LogP contribution in [0.25, 0.3) is 0 Å². The summed E-state index contributed by atoms with van der Waals surface area (Å²) in [6.07, 6.45) is -0.504. The van der Waals surface area contributed by atoms with Crippen molar-refractivity contribution < 1.29 is 19.7 Å². The van der Waals surface area contributed by atoms with Crippen LogP contribution in [-0.2, 0) is 0 Å². The second kappa shape index (κ2) is 8.64. The van der Waals surface area contributed by atoms with Crippen LogP contribution in [0, 0.1) is 10.1 Å². The molecule has 0 unspecified atom stereocenters. The Morgan fingerprint density at radius 3 is 2.38 bits per heavy atom. The normalized spacial score (nSPS) is 16.3. The first-order chi connectivity index (χ1) is 12.6. The first-order valence-corrected chi connectivity index (χ1v) is 8.81. The van der Waals surface area contributed by atoms with Gasteiger partial charge in [0, 0.05) is 17.8 Å². The number of piperazine rings is 1. The number of para-hydroxylation sites is 1. The van der Waals surface area contributed by atoms with Crippen LogP contribution in [-0.4, -0.2) is 55.5 Å². The van der Waals surface area contributed by atoms with Gasteiger partial charge in [-0.1, -0.05) is 18.2 Å². The summed E-state index contributed by atoms with van der Waals surface area (Å²) in [5.41, 5.74) is 1.11. The quantitative estimate of drug-likeness (QED) is 0.564. The van der Waals surface area contributed by atoms with Crippen LogP contribution in [0.4, 0.5) is 11.4 Å². The molecule has 1 atom stereocenters. The Hall–Kier alpha value is -2.64. The fourth-order valence-corrected chi connectivity index (χ4v) is 3.17. The van der Waals surface area contributed by atoms with E-state index < -0.39 is 6.10 Å². The van der Waals surface area contributed by atoms with Gasteiger partial charge in [-0.3, -0.25) is 10.1 Å². The predicted octanol–water partition coefficient (Wildman–Crippen LogP) is 0.740. The van der Waals surface area contributed by atoms with Gasteiger partial charge in [0.2, 0.25) is 0 Å². The fraction of sp³-hybridized carbons (Fsp3) is 0.368. The number of rotatable bonds is 7. The molecule has 2 aromatic carbocycles. The summed E-state index contributed by atoms with van der Waals surface area (Å²) in [4.78, 5) is 13.9. The SMILES string of the molecule is O=[N+]([O-])c1ccc(N2CC[NH+](C[C@@H](O)COc3ccccc3)CC2)cc1. The second-order valence-electron chi connectivity index (χ2n) is 6.49. The van der Waals surface area contributed by atoms with Crippen LogP contribution in [0.1, 0.15) is 0 Å². The topological polar surface area (TPSA) is 80.3 Å². The zero-order valence-corrected chi connectivity index (χ0v) is 14.6. The summed E-state index contributed by atoms with van der Waals surface area (Å²) < 4.78 is 5.60. The van der Waals surface area contributed by atoms with E-state index in [4.69, 9.17) is 4.74 Å². The molecule has 0 aliphatic carbocycles. The number of nitrogens with zero attached hydrogens (tertiary/aromatic N) is 2. The molecule has 2 aromatic rings. The summed E-state index contributed by atoms with van der Waals surface area (Å²) >= 11 is 0. The fourth-order valence-electron chi connectivity index (χ4n) is 3.17. The van der Waals surface area contributed by atoms with Gasteiger partial charge in [-0.25, -0.2) is 0 Å². The van der Waals surface area contributed by atoms with Gasteiger partial charge in [-0.2, -0.15) is 0 Å². The third-order valence-corrected chi connectivity index (χ3v) is 4.61. The molecule has 1 saturated heterocycles. The van der Waals surface area contributed by atoms with E-state index in [1.807, 2.05) is 30.3 Å². The van der Waals surface area contributed by atoms with Crippen molar-refractivity contribution in [1.29, 1.82) is 0 Å². The van der Waals surface area contributed by atoms with Crippen LogP contribution in [0.3, 0.4) is 0 Å². The molecule has 0 saturated carbocycles. The number of hydrogen-bond donors (Lipinski definition) is 2. The van der Waals surface area contributed by atoms with E-state index in [0.29, 0.717) is 13.2 Å². The molecule has 138 valence electrons. The van der Waals surface area contributed by atoms with E-state index in [0.717, 1.165) is 37.6 Å². The third kappa shape index (κ3) is 4.93. The van der Waals surface area contributed by atoms with Gasteiger partial charge in [0.05, 0.1) is 31.1 Å². The molecule has 1 aliphatic heterocycles. The van der Waals surface area contributed by atoms with E-state index in [2.05, 4.69) is 4.90 Å². The van der Waals surface area contributed by atoms with Crippen LogP contribution in [0.15, 0.2) is 54.6 Å². The first kappa shape index (κ1) is 18.2. The van der Waals surface area contributed by atoms with Crippen LogP contribution in [0.5, 0.6) is 5.75 Å². The number of ether oxygens (including phenoxy) is 1. The van der Waals surface area contributed by atoms with Crippen molar-refractivity contribution >= 4 is 11.4 Å². The highest BCUT2D eigenvalue weighted by Crippen LogP contribution is 2.19. The lowest BCUT2D eigenvalue weighted by molar-refractivity contribution is -0.903. The Morgan fingerprint density at radius 2 is 1.77 bits per heavy atom. The van der Waals surface area contributed by atoms with Crippen molar-refractivity contribution in [2.75, 3.05) is 44.2 Å². The number of benzene rings is 2. The average molecular weight is 358 g/mol. The minimum Gasteiger partial charge on any atom is -0.491 e. The molecule has 0 radical (unpaired) electrons. The second-order valence-corrected chi connectivity index (χ2v) is 6.49. The smallest absolute Gasteiger partial charge is 0.269 e. The third-order valence-electron chi connectivity index (χ3n) is 4.61. The molecule has 3 rings (SSSR count). The number of hydrogen-bond acceptors (Lipinski definition) is 5. The first-order valence-electron chi connectivity index (χ1n) is 8.81. The highest BCUT2D eigenvalue weighted by atomic mass is 16.6. The molecule has 26 heavy (non-hydrogen) atoms. The van der Waals surface area contributed by atoms with Gasteiger partial charge in [0.25, 0.3) is 5.69 Å². The molecule has 0 spiro atoms. The Bertz CT molecular complexity index is 700. The van der Waals surface area contributed by atoms with E-state index in [-0.39, 0.29) is 10.6 Å². The molecule has 0 aromatic heterocycles. The van der Waals surface area contributed by atoms with Gasteiger partial charge in [-0.15, -0.1) is 0 Å². The molecule has 7 heteroatoms. The Kier molecular flexibility index (Phi) is 6.04. The molecule has 2 N–H and O–H groups in total. The van der Waals surface area contributed by atoms with Gasteiger partial charge in [-0.05, 0) is 24.3 Å². The van der Waals surface area contributed by atoms with Crippen molar-refractivity contribution in [2.45, 2.75) is 6.10 Å². The summed E-state index contributed by atoms with van der Waals surface area (Å²) in [5.74, 6) is 0.768. The molecule has 1 aliphatic rings. The lowest BCUT2D eigenvalue weighted by Crippen LogP contribution is -3.16. The summed E-state index contributed by atoms with van der Waals surface area (Å²) in [6, 6.07) is 16.2. The number of nitro groups is 1. The van der Waals surface area contributed by atoms with E-state index >= 15 is 0 Å². The highest BCUT2D eigenvalue weighted by Gasteiger charge is 2.23. The minimum absolute atomic E-state index is 0.111. The zero-order chi connectivity index (χ0) is 18.4. The predicted molar refractivity (Wildman–Crippen MR) is 98.8 cm³/mol. The van der Waals surface area contributed by atoms with Gasteiger partial charge >= 0.3 is 0 Å². The van der Waals surface area contributed by atoms with Crippen molar-refractivity contribution in [3.63, 3.8) is 0 Å². The van der Waals surface area contributed by atoms with Gasteiger partial charge < -0.3 is 19.6 Å². The van der Waals surface area contributed by atoms with Crippen molar-refractivity contribution in [3.05, 3.63) is 64.7 Å². The standard InChI is InChI=1S/C19H23N3O4/c23-18(15-26-19-4-2-1-3-5-19)14-20-10-12-21(13-11-20)16-6-8-17(9-7-16)22(24)25/h1-9,18,23H,10-15H2/p+1/t18-/m1/s1. The average Bonchev–Trinajstić information content (AvgIpc) is 2.68. The number of aliphatic hydroxyl groups excluding tert-OH is 1. The molecular formula is C19H24N3O4+. The summed E-state index contributed by atoms with van der Waals surface area (Å²) in [7, 11) is 0. The van der Waals surface area contributed by atoms with Gasteiger partial charge in [0.1, 0.15) is 25.0 Å². The highest BCUT2D eigenvalue weighted by molar-refractivity contribution is 5.51. The van der Waals surface area contributed by atoms with Crippen LogP contribution >= 0.6 is 0 Å². The van der Waals surface area contributed by atoms with Crippen LogP contribution in [0.2, 0.25) is 0 Å². The largest absolute Gasteiger partial charge is 0.491 e. The van der Waals surface area contributed by atoms with Crippen molar-refractivity contribution in [1.82, 2.24) is 0 Å². The number of non-ortho nitro benzene ring substituents is 1. The Morgan fingerprint density at radius 1 is 1.12 bits per heavy atom. The van der Waals surface area contributed by atoms with Gasteiger partial charge in [0.15, 0.2) is 0 Å². The van der Waals surface area contributed by atoms with Crippen molar-refractivity contribution in [2.24, 2.45) is 0 Å². The maximum atomic E-state index is 10.7. The molecule has 0 amide bonds. The number of aliphatic hydroxyl groups is 1. The monoisotopic (exact) mass is 358 g/mol. The number of anilines is 1. The lowest BCUT2D eigenvalue weighted by Gasteiger charge is -2.34. The lowest BCUT2D eigenvalue weighted by atomic mass is 10.2.